The van der Waals surface area contributed by atoms with Crippen LogP contribution in [-0.2, 0) is 6.42 Å². The van der Waals surface area contributed by atoms with Gasteiger partial charge in [0, 0.05) is 29.2 Å². The average Bonchev–Trinajstić information content (AvgIpc) is 3.24. The molecule has 1 saturated carbocycles. The maximum atomic E-state index is 6.08. The normalized spacial score (nSPS) is 14.0. The van der Waals surface area contributed by atoms with E-state index in [9.17, 15) is 0 Å². The molecule has 4 aromatic rings. The molecule has 8 heteroatoms. The molecule has 0 aliphatic heterocycles. The Balaban J connectivity index is 1.47. The van der Waals surface area contributed by atoms with E-state index in [1.807, 2.05) is 12.1 Å². The molecule has 27 heavy (non-hydrogen) atoms. The monoisotopic (exact) mass is 396 g/mol. The van der Waals surface area contributed by atoms with Crippen molar-refractivity contribution >= 4 is 40.0 Å². The van der Waals surface area contributed by atoms with E-state index in [0.717, 1.165) is 48.4 Å². The van der Waals surface area contributed by atoms with Gasteiger partial charge in [0.2, 0.25) is 5.95 Å². The number of anilines is 1. The summed E-state index contributed by atoms with van der Waals surface area (Å²) in [5.74, 6) is 1.52. The molecule has 0 aromatic carbocycles. The Kier molecular flexibility index (Phi) is 4.26. The van der Waals surface area contributed by atoms with Gasteiger partial charge in [0.05, 0.1) is 6.20 Å². The van der Waals surface area contributed by atoms with Crippen molar-refractivity contribution in [1.29, 1.82) is 0 Å². The Morgan fingerprint density at radius 3 is 2.93 bits per heavy atom. The van der Waals surface area contributed by atoms with E-state index in [2.05, 4.69) is 37.4 Å². The topological polar surface area (TPSA) is 68.5 Å². The van der Waals surface area contributed by atoms with Crippen LogP contribution in [0.1, 0.15) is 23.8 Å². The zero-order valence-electron chi connectivity index (χ0n) is 14.5. The zero-order chi connectivity index (χ0) is 18.2. The summed E-state index contributed by atoms with van der Waals surface area (Å²) in [5, 5.41) is 5.89. The largest absolute Gasteiger partial charge is 0.354 e. The Bertz CT molecular complexity index is 1090. The molecule has 1 aliphatic rings. The van der Waals surface area contributed by atoms with E-state index < -0.39 is 0 Å². The fourth-order valence-corrected chi connectivity index (χ4v) is 4.04. The number of pyridine rings is 1. The molecule has 1 N–H and O–H groups in total. The van der Waals surface area contributed by atoms with Crippen LogP contribution in [0.5, 0.6) is 0 Å². The molecule has 0 saturated heterocycles. The molecular formula is C19H17ClN6S. The van der Waals surface area contributed by atoms with Gasteiger partial charge in [-0.15, -0.1) is 11.3 Å². The van der Waals surface area contributed by atoms with E-state index >= 15 is 0 Å². The number of hydrogen-bond acceptors (Lipinski definition) is 6. The number of imidazole rings is 1. The lowest BCUT2D eigenvalue weighted by molar-refractivity contribution is 0.765. The number of thiophene rings is 1. The SMILES string of the molecule is Clc1cc(-c2nc3cnc(NCCc4cccs4)nc3n2C2CC2)ccn1. The standard InChI is InChI=1S/C19H17ClN6S/c20-16-10-12(5-7-21-16)17-24-15-11-23-19(22-8-6-14-2-1-9-27-14)25-18(15)26(17)13-3-4-13/h1-2,5,7,9-11,13H,3-4,6,8H2,(H,22,23,25). The number of nitrogens with zero attached hydrogens (tertiary/aromatic N) is 5. The maximum absolute atomic E-state index is 6.08. The Hall–Kier alpha value is -2.51. The average molecular weight is 397 g/mol. The highest BCUT2D eigenvalue weighted by atomic mass is 35.5. The second kappa shape index (κ2) is 6.90. The highest BCUT2D eigenvalue weighted by Gasteiger charge is 2.29. The van der Waals surface area contributed by atoms with Gasteiger partial charge in [-0.3, -0.25) is 0 Å². The number of hydrogen-bond donors (Lipinski definition) is 1. The van der Waals surface area contributed by atoms with Crippen LogP contribution in [0.25, 0.3) is 22.6 Å². The van der Waals surface area contributed by atoms with Crippen LogP contribution in [0.2, 0.25) is 5.15 Å². The van der Waals surface area contributed by atoms with Crippen LogP contribution in [-0.4, -0.2) is 31.0 Å². The van der Waals surface area contributed by atoms with Crippen molar-refractivity contribution in [3.8, 4) is 11.4 Å². The third kappa shape index (κ3) is 3.40. The molecule has 0 unspecified atom stereocenters. The molecule has 0 bridgehead atoms. The first-order valence-electron chi connectivity index (χ1n) is 8.91. The third-order valence-electron chi connectivity index (χ3n) is 4.56. The highest BCUT2D eigenvalue weighted by molar-refractivity contribution is 7.09. The van der Waals surface area contributed by atoms with Crippen molar-refractivity contribution in [1.82, 2.24) is 24.5 Å². The Morgan fingerprint density at radius 2 is 2.15 bits per heavy atom. The minimum absolute atomic E-state index is 0.436. The molecule has 0 amide bonds. The van der Waals surface area contributed by atoms with Crippen molar-refractivity contribution in [2.24, 2.45) is 0 Å². The van der Waals surface area contributed by atoms with Gasteiger partial charge in [-0.1, -0.05) is 17.7 Å². The fraction of sp³-hybridized carbons (Fsp3) is 0.263. The van der Waals surface area contributed by atoms with Gasteiger partial charge in [0.1, 0.15) is 16.5 Å². The zero-order valence-corrected chi connectivity index (χ0v) is 16.0. The summed E-state index contributed by atoms with van der Waals surface area (Å²) in [7, 11) is 0. The van der Waals surface area contributed by atoms with Crippen molar-refractivity contribution in [3.63, 3.8) is 0 Å². The summed E-state index contributed by atoms with van der Waals surface area (Å²) in [6.45, 7) is 0.802. The predicted octanol–water partition coefficient (Wildman–Crippen LogP) is 4.59. The molecule has 0 atom stereocenters. The molecule has 6 nitrogen and oxygen atoms in total. The van der Waals surface area contributed by atoms with Gasteiger partial charge in [-0.25, -0.2) is 15.0 Å². The first kappa shape index (κ1) is 16.6. The molecule has 0 spiro atoms. The van der Waals surface area contributed by atoms with Gasteiger partial charge in [0.15, 0.2) is 5.65 Å². The molecule has 0 radical (unpaired) electrons. The first-order chi connectivity index (χ1) is 13.3. The Labute approximate surface area is 165 Å². The highest BCUT2D eigenvalue weighted by Crippen LogP contribution is 2.41. The summed E-state index contributed by atoms with van der Waals surface area (Å²) in [6, 6.07) is 8.43. The number of halogens is 1. The van der Waals surface area contributed by atoms with Crippen molar-refractivity contribution in [2.45, 2.75) is 25.3 Å². The lowest BCUT2D eigenvalue weighted by atomic mass is 10.2. The van der Waals surface area contributed by atoms with Crippen molar-refractivity contribution in [2.75, 3.05) is 11.9 Å². The summed E-state index contributed by atoms with van der Waals surface area (Å²) in [4.78, 5) is 19.4. The van der Waals surface area contributed by atoms with E-state index in [0.29, 0.717) is 17.1 Å². The van der Waals surface area contributed by atoms with Gasteiger partial charge in [-0.2, -0.15) is 4.98 Å². The number of aromatic nitrogens is 5. The van der Waals surface area contributed by atoms with Gasteiger partial charge < -0.3 is 9.88 Å². The minimum Gasteiger partial charge on any atom is -0.354 e. The first-order valence-corrected chi connectivity index (χ1v) is 10.2. The molecule has 1 fully saturated rings. The van der Waals surface area contributed by atoms with Crippen LogP contribution in [0, 0.1) is 0 Å². The fourth-order valence-electron chi connectivity index (χ4n) is 3.15. The second-order valence-corrected chi connectivity index (χ2v) is 7.98. The summed E-state index contributed by atoms with van der Waals surface area (Å²) >= 11 is 7.85. The predicted molar refractivity (Wildman–Crippen MR) is 108 cm³/mol. The summed E-state index contributed by atoms with van der Waals surface area (Å²) in [6.07, 6.45) is 6.74. The van der Waals surface area contributed by atoms with Crippen LogP contribution < -0.4 is 5.32 Å². The van der Waals surface area contributed by atoms with Gasteiger partial charge in [-0.05, 0) is 42.8 Å². The van der Waals surface area contributed by atoms with Crippen LogP contribution in [0.3, 0.4) is 0 Å². The lowest BCUT2D eigenvalue weighted by Crippen LogP contribution is -2.08. The van der Waals surface area contributed by atoms with E-state index in [1.165, 1.54) is 4.88 Å². The molecular weight excluding hydrogens is 380 g/mol. The van der Waals surface area contributed by atoms with E-state index in [-0.39, 0.29) is 0 Å². The van der Waals surface area contributed by atoms with Crippen molar-refractivity contribution < 1.29 is 0 Å². The van der Waals surface area contributed by atoms with E-state index in [4.69, 9.17) is 21.6 Å². The molecule has 136 valence electrons. The Morgan fingerprint density at radius 1 is 1.22 bits per heavy atom. The van der Waals surface area contributed by atoms with Gasteiger partial charge in [0.25, 0.3) is 0 Å². The second-order valence-electron chi connectivity index (χ2n) is 6.56. The quantitative estimate of drug-likeness (QED) is 0.482. The lowest BCUT2D eigenvalue weighted by Gasteiger charge is -2.08. The van der Waals surface area contributed by atoms with Gasteiger partial charge >= 0.3 is 0 Å². The van der Waals surface area contributed by atoms with Crippen LogP contribution in [0.4, 0.5) is 5.95 Å². The van der Waals surface area contributed by atoms with Crippen molar-refractivity contribution in [3.05, 3.63) is 52.1 Å². The molecule has 1 aliphatic carbocycles. The molecule has 4 heterocycles. The third-order valence-corrected chi connectivity index (χ3v) is 5.71. The maximum Gasteiger partial charge on any atom is 0.224 e. The minimum atomic E-state index is 0.436. The number of fused-ring (bicyclic) bond motifs is 1. The van der Waals surface area contributed by atoms with E-state index in [1.54, 1.807) is 23.7 Å². The molecule has 4 aromatic heterocycles. The summed E-state index contributed by atoms with van der Waals surface area (Å²) in [5.41, 5.74) is 2.62. The summed E-state index contributed by atoms with van der Waals surface area (Å²) < 4.78 is 2.22. The smallest absolute Gasteiger partial charge is 0.224 e. The van der Waals surface area contributed by atoms with Crippen LogP contribution >= 0.6 is 22.9 Å². The van der Waals surface area contributed by atoms with Crippen LogP contribution in [0.15, 0.2) is 42.0 Å². The number of rotatable bonds is 6. The molecule has 5 rings (SSSR count). The number of nitrogens with one attached hydrogen (secondary N) is 1.